The number of hydrogen-bond acceptors (Lipinski definition) is 5. The van der Waals surface area contributed by atoms with E-state index in [2.05, 4.69) is 31.2 Å². The first-order valence-corrected chi connectivity index (χ1v) is 12.7. The standard InChI is InChI=1S/C28H28ClN5O/c29-20-13-15-34(18-21-6-4-5-14-30-21)28-24-17-31-33-26(27(24)32-25(28)16-20)19-9-11-23(12-10-19)35-22-7-2-1-3-8-22/h1-8,13-14,16,19,23,32H,9-12,15,17-18H2/t19-,23-. The third-order valence-electron chi connectivity index (χ3n) is 7.06. The van der Waals surface area contributed by atoms with Crippen LogP contribution in [0.2, 0.25) is 0 Å². The zero-order chi connectivity index (χ0) is 23.6. The molecule has 6 rings (SSSR count). The highest BCUT2D eigenvalue weighted by Gasteiger charge is 2.29. The van der Waals surface area contributed by atoms with Gasteiger partial charge in [-0.25, -0.2) is 0 Å². The largest absolute Gasteiger partial charge is 0.490 e. The maximum Gasteiger partial charge on any atom is 0.119 e. The van der Waals surface area contributed by atoms with E-state index >= 15 is 0 Å². The van der Waals surface area contributed by atoms with Crippen molar-refractivity contribution in [2.75, 3.05) is 11.4 Å². The highest BCUT2D eigenvalue weighted by Crippen LogP contribution is 2.35. The minimum absolute atomic E-state index is 0.251. The number of benzene rings is 1. The third-order valence-corrected chi connectivity index (χ3v) is 7.32. The van der Waals surface area contributed by atoms with E-state index in [4.69, 9.17) is 16.3 Å². The molecule has 1 aromatic carbocycles. The number of rotatable bonds is 5. The molecule has 35 heavy (non-hydrogen) atoms. The van der Waals surface area contributed by atoms with Gasteiger partial charge in [-0.15, -0.1) is 0 Å². The van der Waals surface area contributed by atoms with Gasteiger partial charge in [0.05, 0.1) is 47.0 Å². The monoisotopic (exact) mass is 485 g/mol. The van der Waals surface area contributed by atoms with Crippen molar-refractivity contribution in [1.82, 2.24) is 9.97 Å². The number of aromatic amines is 1. The Balaban J connectivity index is 1.30. The molecule has 0 saturated heterocycles. The lowest BCUT2D eigenvalue weighted by Crippen LogP contribution is -2.29. The zero-order valence-corrected chi connectivity index (χ0v) is 20.3. The van der Waals surface area contributed by atoms with Crippen LogP contribution in [0, 0.1) is 5.92 Å². The average molecular weight is 486 g/mol. The van der Waals surface area contributed by atoms with Gasteiger partial charge in [-0.3, -0.25) is 4.98 Å². The van der Waals surface area contributed by atoms with Crippen LogP contribution < -0.4 is 20.3 Å². The maximum atomic E-state index is 6.52. The van der Waals surface area contributed by atoms with Crippen LogP contribution in [-0.4, -0.2) is 22.6 Å². The van der Waals surface area contributed by atoms with Crippen LogP contribution in [0.4, 0.5) is 5.69 Å². The number of hydrogen-bond donors (Lipinski definition) is 1. The van der Waals surface area contributed by atoms with Crippen LogP contribution in [-0.2, 0) is 13.1 Å². The highest BCUT2D eigenvalue weighted by molar-refractivity contribution is 6.34. The van der Waals surface area contributed by atoms with Crippen molar-refractivity contribution >= 4 is 29.1 Å². The minimum Gasteiger partial charge on any atom is -0.490 e. The number of pyridine rings is 1. The Hall–Kier alpha value is -3.38. The second-order valence-electron chi connectivity index (χ2n) is 9.37. The lowest BCUT2D eigenvalue weighted by Gasteiger charge is -2.29. The van der Waals surface area contributed by atoms with Gasteiger partial charge in [0.1, 0.15) is 5.75 Å². The van der Waals surface area contributed by atoms with Crippen LogP contribution in [0.3, 0.4) is 0 Å². The topological polar surface area (TPSA) is 65.9 Å². The lowest BCUT2D eigenvalue weighted by atomic mass is 9.84. The van der Waals surface area contributed by atoms with Crippen LogP contribution in [0.1, 0.15) is 36.9 Å². The number of nitrogens with zero attached hydrogens (tertiary/aromatic N) is 4. The van der Waals surface area contributed by atoms with E-state index in [9.17, 15) is 0 Å². The van der Waals surface area contributed by atoms with E-state index in [1.54, 1.807) is 0 Å². The third kappa shape index (κ3) is 4.63. The molecule has 1 N–H and O–H groups in total. The van der Waals surface area contributed by atoms with Gasteiger partial charge in [-0.2, -0.15) is 10.2 Å². The lowest BCUT2D eigenvalue weighted by molar-refractivity contribution is 0.142. The molecule has 0 unspecified atom stereocenters. The Bertz CT molecular complexity index is 1370. The van der Waals surface area contributed by atoms with Gasteiger partial charge in [0, 0.05) is 29.3 Å². The Morgan fingerprint density at radius 3 is 2.66 bits per heavy atom. The second kappa shape index (κ2) is 9.70. The Kier molecular flexibility index (Phi) is 6.13. The number of allylic oxidation sites excluding steroid dienone is 1. The summed E-state index contributed by atoms with van der Waals surface area (Å²) in [6.07, 6.45) is 10.3. The number of H-pyrrole nitrogens is 1. The quantitative estimate of drug-likeness (QED) is 0.550. The van der Waals surface area contributed by atoms with E-state index < -0.39 is 0 Å². The van der Waals surface area contributed by atoms with E-state index in [0.29, 0.717) is 19.0 Å². The summed E-state index contributed by atoms with van der Waals surface area (Å²) in [5, 5.41) is 12.1. The van der Waals surface area contributed by atoms with Gasteiger partial charge in [0.25, 0.3) is 0 Å². The van der Waals surface area contributed by atoms with Gasteiger partial charge in [0.2, 0.25) is 0 Å². The number of halogens is 1. The summed E-state index contributed by atoms with van der Waals surface area (Å²) in [6, 6.07) is 16.1. The summed E-state index contributed by atoms with van der Waals surface area (Å²) in [6.45, 7) is 2.00. The molecule has 0 atom stereocenters. The molecule has 0 radical (unpaired) electrons. The van der Waals surface area contributed by atoms with Gasteiger partial charge in [-0.1, -0.05) is 35.9 Å². The highest BCUT2D eigenvalue weighted by atomic mass is 35.5. The molecule has 0 bridgehead atoms. The van der Waals surface area contributed by atoms with Crippen LogP contribution in [0.15, 0.2) is 76.1 Å². The molecular weight excluding hydrogens is 458 g/mol. The van der Waals surface area contributed by atoms with Crippen molar-refractivity contribution in [2.45, 2.75) is 44.9 Å². The number of ether oxygens (including phenoxy) is 1. The molecule has 1 saturated carbocycles. The summed E-state index contributed by atoms with van der Waals surface area (Å²) in [5.74, 6) is 1.32. The summed E-state index contributed by atoms with van der Waals surface area (Å²) in [4.78, 5) is 10.6. The van der Waals surface area contributed by atoms with Crippen molar-refractivity contribution in [3.8, 4) is 5.75 Å². The smallest absolute Gasteiger partial charge is 0.119 e. The molecule has 1 fully saturated rings. The fraction of sp³-hybridized carbons (Fsp3) is 0.321. The number of azo groups is 1. The Morgan fingerprint density at radius 2 is 1.86 bits per heavy atom. The SMILES string of the molecule is ClC1=CCN(Cc2ccccn2)c2c3c([nH]c2=C1)=C([C@H]1CC[C@H](Oc2ccccc2)CC1)N=NC3. The molecule has 6 nitrogen and oxygen atoms in total. The molecule has 2 aliphatic heterocycles. The zero-order valence-electron chi connectivity index (χ0n) is 19.5. The molecule has 0 spiro atoms. The normalized spacial score (nSPS) is 21.5. The van der Waals surface area contributed by atoms with Crippen LogP contribution in [0.5, 0.6) is 5.75 Å². The molecule has 3 aromatic rings. The molecule has 1 aliphatic carbocycles. The van der Waals surface area contributed by atoms with Crippen molar-refractivity contribution in [1.29, 1.82) is 0 Å². The number of aromatic nitrogens is 2. The first-order valence-electron chi connectivity index (χ1n) is 12.3. The van der Waals surface area contributed by atoms with E-state index in [1.807, 2.05) is 60.8 Å². The Labute approximate surface area is 209 Å². The Morgan fingerprint density at radius 1 is 1.03 bits per heavy atom. The van der Waals surface area contributed by atoms with Crippen molar-refractivity contribution in [3.63, 3.8) is 0 Å². The van der Waals surface area contributed by atoms with E-state index in [-0.39, 0.29) is 6.10 Å². The first kappa shape index (κ1) is 22.1. The molecule has 7 heteroatoms. The number of nitrogens with one attached hydrogen (secondary N) is 1. The molecule has 4 heterocycles. The predicted molar refractivity (Wildman–Crippen MR) is 139 cm³/mol. The second-order valence-corrected chi connectivity index (χ2v) is 9.80. The van der Waals surface area contributed by atoms with E-state index in [0.717, 1.165) is 70.8 Å². The predicted octanol–water partition coefficient (Wildman–Crippen LogP) is 5.04. The summed E-state index contributed by atoms with van der Waals surface area (Å²) in [5.41, 5.74) is 4.47. The number of fused-ring (bicyclic) bond motifs is 3. The molecule has 2 aromatic heterocycles. The van der Waals surface area contributed by atoms with Gasteiger partial charge in [0.15, 0.2) is 0 Å². The summed E-state index contributed by atoms with van der Waals surface area (Å²) < 4.78 is 6.21. The summed E-state index contributed by atoms with van der Waals surface area (Å²) >= 11 is 6.52. The van der Waals surface area contributed by atoms with Crippen molar-refractivity contribution in [2.24, 2.45) is 16.1 Å². The van der Waals surface area contributed by atoms with Gasteiger partial charge >= 0.3 is 0 Å². The van der Waals surface area contributed by atoms with Gasteiger partial charge in [-0.05, 0) is 62.1 Å². The van der Waals surface area contributed by atoms with E-state index in [1.165, 1.54) is 5.56 Å². The molecule has 3 aliphatic rings. The number of para-hydroxylation sites is 1. The molecule has 178 valence electrons. The van der Waals surface area contributed by atoms with Crippen molar-refractivity contribution in [3.05, 3.63) is 87.8 Å². The van der Waals surface area contributed by atoms with Crippen LogP contribution in [0.25, 0.3) is 11.8 Å². The fourth-order valence-corrected chi connectivity index (χ4v) is 5.55. The number of anilines is 1. The maximum absolute atomic E-state index is 6.52. The van der Waals surface area contributed by atoms with Crippen molar-refractivity contribution < 1.29 is 4.74 Å². The molecular formula is C28H28ClN5O. The van der Waals surface area contributed by atoms with Gasteiger partial charge < -0.3 is 14.6 Å². The minimum atomic E-state index is 0.251. The molecule has 0 amide bonds. The van der Waals surface area contributed by atoms with Crippen LogP contribution >= 0.6 is 11.6 Å². The average Bonchev–Trinajstić information content (AvgIpc) is 3.18. The first-order chi connectivity index (χ1) is 17.2. The summed E-state index contributed by atoms with van der Waals surface area (Å²) in [7, 11) is 0. The fourth-order valence-electron chi connectivity index (χ4n) is 5.37.